The van der Waals surface area contributed by atoms with Crippen LogP contribution in [0.25, 0.3) is 0 Å². The third-order valence-corrected chi connectivity index (χ3v) is 3.07. The van der Waals surface area contributed by atoms with Crippen LogP contribution in [0.1, 0.15) is 54.4 Å². The lowest BCUT2D eigenvalue weighted by molar-refractivity contribution is -0.125. The van der Waals surface area contributed by atoms with Gasteiger partial charge >= 0.3 is 6.09 Å². The van der Waals surface area contributed by atoms with Gasteiger partial charge in [-0.25, -0.2) is 4.79 Å². The van der Waals surface area contributed by atoms with Crippen molar-refractivity contribution < 1.29 is 14.3 Å². The van der Waals surface area contributed by atoms with E-state index in [0.29, 0.717) is 19.6 Å². The van der Waals surface area contributed by atoms with Gasteiger partial charge in [0.05, 0.1) is 0 Å². The van der Waals surface area contributed by atoms with Gasteiger partial charge in [-0.05, 0) is 40.5 Å². The Morgan fingerprint density at radius 2 is 1.70 bits per heavy atom. The van der Waals surface area contributed by atoms with Gasteiger partial charge in [0.2, 0.25) is 5.91 Å². The van der Waals surface area contributed by atoms with Gasteiger partial charge in [0, 0.05) is 25.6 Å². The second kappa shape index (κ2) is 8.82. The molecule has 0 spiro atoms. The lowest BCUT2D eigenvalue weighted by Crippen LogP contribution is -2.42. The van der Waals surface area contributed by atoms with Gasteiger partial charge in [-0.2, -0.15) is 0 Å². The predicted octanol–water partition coefficient (Wildman–Crippen LogP) is 2.80. The molecule has 0 saturated carbocycles. The Labute approximate surface area is 123 Å². The van der Waals surface area contributed by atoms with Crippen molar-refractivity contribution in [1.29, 1.82) is 0 Å². The van der Waals surface area contributed by atoms with Crippen molar-refractivity contribution in [2.45, 2.75) is 60.0 Å². The van der Waals surface area contributed by atoms with Crippen molar-refractivity contribution in [2.75, 3.05) is 19.6 Å². The molecule has 0 aromatic heterocycles. The van der Waals surface area contributed by atoms with Crippen molar-refractivity contribution in [3.05, 3.63) is 0 Å². The number of likely N-dealkylation sites (N-methyl/N-ethyl adjacent to an activating group) is 1. The summed E-state index contributed by atoms with van der Waals surface area (Å²) in [5, 5.41) is 2.88. The largest absolute Gasteiger partial charge is 0.444 e. The average molecular weight is 286 g/mol. The van der Waals surface area contributed by atoms with Crippen LogP contribution in [0.2, 0.25) is 0 Å². The van der Waals surface area contributed by atoms with Crippen LogP contribution in [-0.2, 0) is 9.53 Å². The standard InChI is InChI=1S/C15H30N2O3/c1-7-12(8-2)13(18)16-10-11-17(9-3)14(19)20-15(4,5)6/h12H,7-11H2,1-6H3,(H,16,18). The summed E-state index contributed by atoms with van der Waals surface area (Å²) in [5.74, 6) is 0.127. The summed E-state index contributed by atoms with van der Waals surface area (Å²) in [6.45, 7) is 12.9. The van der Waals surface area contributed by atoms with E-state index in [1.54, 1.807) is 4.90 Å². The molecule has 0 aliphatic rings. The molecule has 5 nitrogen and oxygen atoms in total. The molecule has 0 aliphatic heterocycles. The molecule has 20 heavy (non-hydrogen) atoms. The predicted molar refractivity (Wildman–Crippen MR) is 80.6 cm³/mol. The SMILES string of the molecule is CCC(CC)C(=O)NCCN(CC)C(=O)OC(C)(C)C. The van der Waals surface area contributed by atoms with Gasteiger partial charge in [0.15, 0.2) is 0 Å². The van der Waals surface area contributed by atoms with Crippen LogP contribution in [0.4, 0.5) is 4.79 Å². The summed E-state index contributed by atoms with van der Waals surface area (Å²) >= 11 is 0. The Balaban J connectivity index is 4.20. The molecule has 0 radical (unpaired) electrons. The van der Waals surface area contributed by atoms with E-state index in [1.807, 2.05) is 41.5 Å². The Bertz CT molecular complexity index is 307. The summed E-state index contributed by atoms with van der Waals surface area (Å²) in [4.78, 5) is 25.3. The molecule has 5 heteroatoms. The van der Waals surface area contributed by atoms with Crippen LogP contribution in [0.15, 0.2) is 0 Å². The summed E-state index contributed by atoms with van der Waals surface area (Å²) in [6, 6.07) is 0. The molecule has 118 valence electrons. The van der Waals surface area contributed by atoms with Gasteiger partial charge in [0.1, 0.15) is 5.60 Å². The molecule has 1 N–H and O–H groups in total. The number of carbonyl (C=O) groups excluding carboxylic acids is 2. The monoisotopic (exact) mass is 286 g/mol. The molecular weight excluding hydrogens is 256 g/mol. The fraction of sp³-hybridized carbons (Fsp3) is 0.867. The molecule has 0 aliphatic carbocycles. The minimum Gasteiger partial charge on any atom is -0.444 e. The Morgan fingerprint density at radius 3 is 2.10 bits per heavy atom. The zero-order valence-electron chi connectivity index (χ0n) is 13.8. The topological polar surface area (TPSA) is 58.6 Å². The van der Waals surface area contributed by atoms with E-state index in [1.165, 1.54) is 0 Å². The maximum Gasteiger partial charge on any atom is 0.410 e. The van der Waals surface area contributed by atoms with Crippen LogP contribution in [-0.4, -0.2) is 42.1 Å². The molecule has 0 saturated heterocycles. The number of amides is 2. The molecule has 2 amide bonds. The highest BCUT2D eigenvalue weighted by atomic mass is 16.6. The minimum absolute atomic E-state index is 0.0617. The number of carbonyl (C=O) groups is 2. The number of nitrogens with one attached hydrogen (secondary N) is 1. The Hall–Kier alpha value is -1.26. The minimum atomic E-state index is -0.497. The van der Waals surface area contributed by atoms with Crippen molar-refractivity contribution in [3.8, 4) is 0 Å². The van der Waals surface area contributed by atoms with Crippen LogP contribution < -0.4 is 5.32 Å². The smallest absolute Gasteiger partial charge is 0.410 e. The number of ether oxygens (including phenoxy) is 1. The van der Waals surface area contributed by atoms with E-state index in [0.717, 1.165) is 12.8 Å². The highest BCUT2D eigenvalue weighted by molar-refractivity contribution is 5.78. The number of hydrogen-bond donors (Lipinski definition) is 1. The summed E-state index contributed by atoms with van der Waals surface area (Å²) in [5.41, 5.74) is -0.497. The van der Waals surface area contributed by atoms with Gasteiger partial charge in [-0.1, -0.05) is 13.8 Å². The van der Waals surface area contributed by atoms with Crippen molar-refractivity contribution in [2.24, 2.45) is 5.92 Å². The van der Waals surface area contributed by atoms with Gasteiger partial charge in [-0.15, -0.1) is 0 Å². The van der Waals surface area contributed by atoms with E-state index in [-0.39, 0.29) is 17.9 Å². The zero-order chi connectivity index (χ0) is 15.8. The van der Waals surface area contributed by atoms with Crippen molar-refractivity contribution in [1.82, 2.24) is 10.2 Å². The number of hydrogen-bond acceptors (Lipinski definition) is 3. The highest BCUT2D eigenvalue weighted by Gasteiger charge is 2.21. The molecule has 0 heterocycles. The Morgan fingerprint density at radius 1 is 1.15 bits per heavy atom. The molecule has 0 aromatic carbocycles. The lowest BCUT2D eigenvalue weighted by Gasteiger charge is -2.26. The first-order valence-corrected chi connectivity index (χ1v) is 7.50. The third-order valence-electron chi connectivity index (χ3n) is 3.07. The highest BCUT2D eigenvalue weighted by Crippen LogP contribution is 2.10. The first-order valence-electron chi connectivity index (χ1n) is 7.50. The molecule has 0 aromatic rings. The van der Waals surface area contributed by atoms with Crippen molar-refractivity contribution >= 4 is 12.0 Å². The molecule has 0 bridgehead atoms. The molecule has 0 unspecified atom stereocenters. The first-order chi connectivity index (χ1) is 9.25. The molecule has 0 fully saturated rings. The van der Waals surface area contributed by atoms with E-state index in [4.69, 9.17) is 4.74 Å². The summed E-state index contributed by atoms with van der Waals surface area (Å²) < 4.78 is 5.31. The zero-order valence-corrected chi connectivity index (χ0v) is 13.8. The second-order valence-corrected chi connectivity index (χ2v) is 5.86. The third kappa shape index (κ3) is 7.36. The van der Waals surface area contributed by atoms with E-state index in [9.17, 15) is 9.59 Å². The fourth-order valence-electron chi connectivity index (χ4n) is 1.82. The fourth-order valence-corrected chi connectivity index (χ4v) is 1.82. The summed E-state index contributed by atoms with van der Waals surface area (Å²) in [7, 11) is 0. The first kappa shape index (κ1) is 18.7. The lowest BCUT2D eigenvalue weighted by atomic mass is 10.0. The van der Waals surface area contributed by atoms with Gasteiger partial charge in [-0.3, -0.25) is 4.79 Å². The van der Waals surface area contributed by atoms with Crippen molar-refractivity contribution in [3.63, 3.8) is 0 Å². The molecular formula is C15H30N2O3. The van der Waals surface area contributed by atoms with Crippen LogP contribution in [0.5, 0.6) is 0 Å². The van der Waals surface area contributed by atoms with Gasteiger partial charge in [0.25, 0.3) is 0 Å². The summed E-state index contributed by atoms with van der Waals surface area (Å²) in [6.07, 6.45) is 1.34. The van der Waals surface area contributed by atoms with E-state index in [2.05, 4.69) is 5.32 Å². The normalized spacial score (nSPS) is 11.3. The molecule has 0 rings (SSSR count). The Kier molecular flexibility index (Phi) is 8.26. The van der Waals surface area contributed by atoms with Crippen LogP contribution in [0, 0.1) is 5.92 Å². The van der Waals surface area contributed by atoms with E-state index < -0.39 is 5.60 Å². The maximum absolute atomic E-state index is 11.9. The number of nitrogens with zero attached hydrogens (tertiary/aromatic N) is 1. The number of rotatable bonds is 7. The van der Waals surface area contributed by atoms with Crippen LogP contribution >= 0.6 is 0 Å². The quantitative estimate of drug-likeness (QED) is 0.783. The average Bonchev–Trinajstić information content (AvgIpc) is 2.33. The van der Waals surface area contributed by atoms with Gasteiger partial charge < -0.3 is 15.0 Å². The van der Waals surface area contributed by atoms with E-state index >= 15 is 0 Å². The maximum atomic E-state index is 11.9. The second-order valence-electron chi connectivity index (χ2n) is 5.86. The molecule has 0 atom stereocenters. The van der Waals surface area contributed by atoms with Crippen LogP contribution in [0.3, 0.4) is 0 Å².